The molecule has 0 saturated heterocycles. The Morgan fingerprint density at radius 2 is 2.12 bits per heavy atom. The Labute approximate surface area is 110 Å². The van der Waals surface area contributed by atoms with Crippen LogP contribution in [0.15, 0.2) is 17.8 Å². The predicted molar refractivity (Wildman–Crippen MR) is 75.1 cm³/mol. The Bertz CT molecular complexity index is 485. The predicted octanol–water partition coefficient (Wildman–Crippen LogP) is 3.90. The molecule has 0 unspecified atom stereocenters. The molecule has 0 aromatic carbocycles. The second kappa shape index (κ2) is 5.19. The average Bonchev–Trinajstić information content (AvgIpc) is 2.85. The Hall–Kier alpha value is -0.870. The first kappa shape index (κ1) is 12.6. The third kappa shape index (κ3) is 2.38. The van der Waals surface area contributed by atoms with Gasteiger partial charge in [0.1, 0.15) is 17.0 Å². The van der Waals surface area contributed by atoms with E-state index in [1.807, 2.05) is 11.4 Å². The highest BCUT2D eigenvalue weighted by Gasteiger charge is 2.25. The van der Waals surface area contributed by atoms with Crippen molar-refractivity contribution in [2.24, 2.45) is 0 Å². The number of hydrogen-bond donors (Lipinski definition) is 1. The summed E-state index contributed by atoms with van der Waals surface area (Å²) in [5.74, 6) is 1.47. The fraction of sp³-hybridized carbons (Fsp3) is 0.500. The molecule has 0 aliphatic carbocycles. The van der Waals surface area contributed by atoms with Crippen LogP contribution in [-0.4, -0.2) is 21.4 Å². The van der Waals surface area contributed by atoms with E-state index in [0.717, 1.165) is 28.9 Å². The molecule has 0 aliphatic heterocycles. The summed E-state index contributed by atoms with van der Waals surface area (Å²) < 4.78 is 0. The van der Waals surface area contributed by atoms with E-state index in [2.05, 4.69) is 29.1 Å². The molecule has 2 aromatic heterocycles. The van der Waals surface area contributed by atoms with Gasteiger partial charge in [0.05, 0.1) is 10.9 Å². The quantitative estimate of drug-likeness (QED) is 0.837. The van der Waals surface area contributed by atoms with Crippen molar-refractivity contribution in [3.05, 3.63) is 17.8 Å². The molecule has 0 spiro atoms. The highest BCUT2D eigenvalue weighted by molar-refractivity contribution is 7.16. The van der Waals surface area contributed by atoms with Gasteiger partial charge >= 0.3 is 0 Å². The summed E-state index contributed by atoms with van der Waals surface area (Å²) in [7, 11) is 0. The normalized spacial score (nSPS) is 11.9. The second-order valence-electron chi connectivity index (χ2n) is 4.11. The molecule has 1 N–H and O–H groups in total. The summed E-state index contributed by atoms with van der Waals surface area (Å²) in [5, 5.41) is 6.60. The van der Waals surface area contributed by atoms with E-state index >= 15 is 0 Å². The molecule has 0 saturated carbocycles. The van der Waals surface area contributed by atoms with Gasteiger partial charge in [-0.1, -0.05) is 13.8 Å². The topological polar surface area (TPSA) is 37.8 Å². The number of fused-ring (bicyclic) bond motifs is 1. The number of rotatable bonds is 5. The van der Waals surface area contributed by atoms with Crippen LogP contribution < -0.4 is 5.32 Å². The summed E-state index contributed by atoms with van der Waals surface area (Å²) in [6.07, 6.45) is 3.55. The molecular formula is C12H16ClN3S. The van der Waals surface area contributed by atoms with Gasteiger partial charge < -0.3 is 5.32 Å². The van der Waals surface area contributed by atoms with Crippen molar-refractivity contribution in [3.8, 4) is 0 Å². The van der Waals surface area contributed by atoms with E-state index in [-0.39, 0.29) is 5.54 Å². The molecule has 2 rings (SSSR count). The summed E-state index contributed by atoms with van der Waals surface area (Å²) in [6, 6.07) is 2.05. The number of thiophene rings is 1. The van der Waals surface area contributed by atoms with E-state index in [9.17, 15) is 0 Å². The maximum absolute atomic E-state index is 6.10. The molecule has 3 nitrogen and oxygen atoms in total. The standard InChI is InChI=1S/C12H16ClN3S/c1-3-12(4-2,7-13)16-10-9-5-6-17-11(9)15-8-14-10/h5-6,8H,3-4,7H2,1-2H3,(H,14,15,16). The lowest BCUT2D eigenvalue weighted by molar-refractivity contribution is 0.483. The fourth-order valence-corrected chi connectivity index (χ4v) is 2.97. The van der Waals surface area contributed by atoms with E-state index in [0.29, 0.717) is 5.88 Å². The van der Waals surface area contributed by atoms with Crippen LogP contribution in [0, 0.1) is 0 Å². The van der Waals surface area contributed by atoms with Crippen molar-refractivity contribution in [3.63, 3.8) is 0 Å². The Kier molecular flexibility index (Phi) is 3.84. The van der Waals surface area contributed by atoms with Crippen LogP contribution in [0.1, 0.15) is 26.7 Å². The molecule has 2 heterocycles. The van der Waals surface area contributed by atoms with E-state index in [4.69, 9.17) is 11.6 Å². The number of aromatic nitrogens is 2. The van der Waals surface area contributed by atoms with Crippen LogP contribution in [0.2, 0.25) is 0 Å². The number of nitrogens with one attached hydrogen (secondary N) is 1. The number of anilines is 1. The zero-order valence-electron chi connectivity index (χ0n) is 10.0. The Balaban J connectivity index is 2.37. The van der Waals surface area contributed by atoms with E-state index < -0.39 is 0 Å². The van der Waals surface area contributed by atoms with E-state index in [1.165, 1.54) is 0 Å². The van der Waals surface area contributed by atoms with Gasteiger partial charge in [0.25, 0.3) is 0 Å². The maximum atomic E-state index is 6.10. The third-order valence-electron chi connectivity index (χ3n) is 3.25. The molecule has 0 radical (unpaired) electrons. The van der Waals surface area contributed by atoms with Crippen molar-refractivity contribution < 1.29 is 0 Å². The molecule has 0 bridgehead atoms. The van der Waals surface area contributed by atoms with Crippen molar-refractivity contribution in [1.82, 2.24) is 9.97 Å². The first-order valence-electron chi connectivity index (χ1n) is 5.77. The third-order valence-corrected chi connectivity index (χ3v) is 4.59. The monoisotopic (exact) mass is 269 g/mol. The largest absolute Gasteiger partial charge is 0.363 e. The molecule has 0 amide bonds. The van der Waals surface area contributed by atoms with Crippen LogP contribution in [-0.2, 0) is 0 Å². The Morgan fingerprint density at radius 3 is 2.76 bits per heavy atom. The summed E-state index contributed by atoms with van der Waals surface area (Å²) >= 11 is 7.72. The SMILES string of the molecule is CCC(CC)(CCl)Nc1ncnc2sccc12. The summed E-state index contributed by atoms with van der Waals surface area (Å²) in [6.45, 7) is 4.29. The van der Waals surface area contributed by atoms with Crippen LogP contribution in [0.3, 0.4) is 0 Å². The lowest BCUT2D eigenvalue weighted by atomic mass is 9.95. The minimum Gasteiger partial charge on any atom is -0.363 e. The van der Waals surface area contributed by atoms with Gasteiger partial charge in [-0.25, -0.2) is 9.97 Å². The molecule has 0 fully saturated rings. The van der Waals surface area contributed by atoms with Gasteiger partial charge in [-0.2, -0.15) is 0 Å². The second-order valence-corrected chi connectivity index (χ2v) is 5.27. The van der Waals surface area contributed by atoms with Crippen LogP contribution in [0.4, 0.5) is 5.82 Å². The number of halogens is 1. The first-order valence-corrected chi connectivity index (χ1v) is 7.18. The smallest absolute Gasteiger partial charge is 0.138 e. The van der Waals surface area contributed by atoms with Gasteiger partial charge in [-0.15, -0.1) is 22.9 Å². The van der Waals surface area contributed by atoms with Gasteiger partial charge in [0, 0.05) is 5.88 Å². The minimum absolute atomic E-state index is 0.0786. The minimum atomic E-state index is -0.0786. The van der Waals surface area contributed by atoms with Crippen molar-refractivity contribution in [2.75, 3.05) is 11.2 Å². The molecule has 92 valence electrons. The van der Waals surface area contributed by atoms with Crippen LogP contribution in [0.25, 0.3) is 10.2 Å². The molecule has 17 heavy (non-hydrogen) atoms. The number of nitrogens with zero attached hydrogens (tertiary/aromatic N) is 2. The van der Waals surface area contributed by atoms with Crippen molar-refractivity contribution >= 4 is 39.0 Å². The molecule has 2 aromatic rings. The zero-order chi connectivity index (χ0) is 12.3. The van der Waals surface area contributed by atoms with Gasteiger partial charge in [0.2, 0.25) is 0 Å². The summed E-state index contributed by atoms with van der Waals surface area (Å²) in [5.41, 5.74) is -0.0786. The van der Waals surface area contributed by atoms with Crippen LogP contribution in [0.5, 0.6) is 0 Å². The fourth-order valence-electron chi connectivity index (χ4n) is 1.79. The highest BCUT2D eigenvalue weighted by atomic mass is 35.5. The Morgan fingerprint density at radius 1 is 1.35 bits per heavy atom. The molecule has 0 aliphatic rings. The number of alkyl halides is 1. The van der Waals surface area contributed by atoms with Crippen molar-refractivity contribution in [2.45, 2.75) is 32.2 Å². The highest BCUT2D eigenvalue weighted by Crippen LogP contribution is 2.29. The van der Waals surface area contributed by atoms with Gasteiger partial charge in [-0.05, 0) is 24.3 Å². The lowest BCUT2D eigenvalue weighted by Gasteiger charge is -2.31. The number of hydrogen-bond acceptors (Lipinski definition) is 4. The molecule has 0 atom stereocenters. The summed E-state index contributed by atoms with van der Waals surface area (Å²) in [4.78, 5) is 9.59. The lowest BCUT2D eigenvalue weighted by Crippen LogP contribution is -2.39. The first-order chi connectivity index (χ1) is 8.24. The van der Waals surface area contributed by atoms with E-state index in [1.54, 1.807) is 17.7 Å². The zero-order valence-corrected chi connectivity index (χ0v) is 11.6. The molecule has 5 heteroatoms. The van der Waals surface area contributed by atoms with Gasteiger partial charge in [-0.3, -0.25) is 0 Å². The molecular weight excluding hydrogens is 254 g/mol. The average molecular weight is 270 g/mol. The maximum Gasteiger partial charge on any atom is 0.138 e. The van der Waals surface area contributed by atoms with Gasteiger partial charge in [0.15, 0.2) is 0 Å². The van der Waals surface area contributed by atoms with Crippen molar-refractivity contribution in [1.29, 1.82) is 0 Å². The van der Waals surface area contributed by atoms with Crippen LogP contribution >= 0.6 is 22.9 Å².